The third-order valence-corrected chi connectivity index (χ3v) is 6.15. The molecule has 2 N–H and O–H groups in total. The quantitative estimate of drug-likeness (QED) is 0.717. The fourth-order valence-corrected chi connectivity index (χ4v) is 4.37. The lowest BCUT2D eigenvalue weighted by atomic mass is 9.80. The van der Waals surface area contributed by atoms with Gasteiger partial charge in [0.15, 0.2) is 5.82 Å². The summed E-state index contributed by atoms with van der Waals surface area (Å²) in [5, 5.41) is 12.5. The van der Waals surface area contributed by atoms with Gasteiger partial charge in [0.2, 0.25) is 11.8 Å². The van der Waals surface area contributed by atoms with Crippen molar-refractivity contribution in [2.75, 3.05) is 5.01 Å². The van der Waals surface area contributed by atoms with E-state index in [2.05, 4.69) is 25.5 Å². The number of carbonyl (C=O) groups is 3. The van der Waals surface area contributed by atoms with E-state index in [1.165, 1.54) is 5.01 Å². The summed E-state index contributed by atoms with van der Waals surface area (Å²) in [6.07, 6.45) is 7.23. The zero-order chi connectivity index (χ0) is 21.5. The number of nitrogens with one attached hydrogen (secondary N) is 2. The molecular formula is C22H24N6O3. The molecule has 0 unspecified atom stereocenters. The molecule has 31 heavy (non-hydrogen) atoms. The summed E-state index contributed by atoms with van der Waals surface area (Å²) >= 11 is 0. The molecule has 9 nitrogen and oxygen atoms in total. The summed E-state index contributed by atoms with van der Waals surface area (Å²) in [6, 6.07) is 7.13. The fourth-order valence-electron chi connectivity index (χ4n) is 4.37. The van der Waals surface area contributed by atoms with E-state index in [0.717, 1.165) is 24.5 Å². The first-order valence-electron chi connectivity index (χ1n) is 10.6. The lowest BCUT2D eigenvalue weighted by Gasteiger charge is -2.38. The van der Waals surface area contributed by atoms with Gasteiger partial charge in [0.25, 0.3) is 5.91 Å². The highest BCUT2D eigenvalue weighted by Crippen LogP contribution is 2.36. The monoisotopic (exact) mass is 420 g/mol. The van der Waals surface area contributed by atoms with E-state index in [-0.39, 0.29) is 36.1 Å². The van der Waals surface area contributed by atoms with Crippen molar-refractivity contribution in [2.45, 2.75) is 45.2 Å². The molecule has 2 aliphatic carbocycles. The van der Waals surface area contributed by atoms with Crippen LogP contribution in [0.5, 0.6) is 0 Å². The summed E-state index contributed by atoms with van der Waals surface area (Å²) in [6.45, 7) is 2.19. The number of hydrogen-bond acceptors (Lipinski definition) is 5. The van der Waals surface area contributed by atoms with Crippen molar-refractivity contribution < 1.29 is 14.4 Å². The van der Waals surface area contributed by atoms with E-state index in [0.29, 0.717) is 30.1 Å². The number of rotatable bonds is 5. The molecule has 2 fully saturated rings. The van der Waals surface area contributed by atoms with Crippen molar-refractivity contribution in [2.24, 2.45) is 11.8 Å². The minimum Gasteiger partial charge on any atom is -0.345 e. The molecule has 0 bridgehead atoms. The lowest BCUT2D eigenvalue weighted by Crippen LogP contribution is -2.59. The van der Waals surface area contributed by atoms with Gasteiger partial charge in [-0.3, -0.25) is 19.8 Å². The minimum atomic E-state index is -0.367. The van der Waals surface area contributed by atoms with Gasteiger partial charge in [-0.05, 0) is 50.8 Å². The number of carbonyl (C=O) groups excluding carboxylic acids is 3. The standard InChI is InChI=1S/C22H24N6O3/c1-13-24-25-19(27(13)15-9-10-15)12-23-20(29)14-5-4-6-16(11-14)28-22(31)18-8-3-2-7-17(18)21(30)26-28/h2-6,11,15,17-18H,7-10,12H2,1H3,(H,23,29)(H,26,30)/t17-,18-/m0/s1. The number of benzene rings is 1. The molecule has 3 aliphatic rings. The van der Waals surface area contributed by atoms with Crippen LogP contribution < -0.4 is 15.8 Å². The number of fused-ring (bicyclic) bond motifs is 1. The SMILES string of the molecule is Cc1nnc(CNC(=O)c2cccc(N3NC(=O)[C@H]4CC=CC[C@@H]4C3=O)c2)n1C1CC1. The highest BCUT2D eigenvalue weighted by atomic mass is 16.2. The Hall–Kier alpha value is -3.49. The number of hydrazine groups is 1. The number of hydrogen-bond donors (Lipinski definition) is 2. The van der Waals surface area contributed by atoms with Crippen LogP contribution in [0.25, 0.3) is 0 Å². The summed E-state index contributed by atoms with van der Waals surface area (Å²) < 4.78 is 2.08. The van der Waals surface area contributed by atoms with Gasteiger partial charge in [-0.25, -0.2) is 5.01 Å². The third-order valence-electron chi connectivity index (χ3n) is 6.15. The second kappa shape index (κ2) is 7.64. The fraction of sp³-hybridized carbons (Fsp3) is 0.409. The van der Waals surface area contributed by atoms with Crippen molar-refractivity contribution in [1.29, 1.82) is 0 Å². The Morgan fingerprint density at radius 1 is 1.16 bits per heavy atom. The summed E-state index contributed by atoms with van der Waals surface area (Å²) in [5.74, 6) is 0.293. The van der Waals surface area contributed by atoms with Crippen LogP contribution in [0.1, 0.15) is 53.7 Å². The molecule has 5 rings (SSSR count). The highest BCUT2D eigenvalue weighted by molar-refractivity contribution is 6.05. The van der Waals surface area contributed by atoms with Crippen LogP contribution in [0.3, 0.4) is 0 Å². The van der Waals surface area contributed by atoms with Crippen LogP contribution in [0.15, 0.2) is 36.4 Å². The van der Waals surface area contributed by atoms with Crippen LogP contribution in [0, 0.1) is 18.8 Å². The zero-order valence-corrected chi connectivity index (χ0v) is 17.2. The van der Waals surface area contributed by atoms with Crippen LogP contribution in [0.4, 0.5) is 5.69 Å². The van der Waals surface area contributed by atoms with E-state index < -0.39 is 0 Å². The molecular weight excluding hydrogens is 396 g/mol. The van der Waals surface area contributed by atoms with Gasteiger partial charge in [-0.1, -0.05) is 18.2 Å². The predicted molar refractivity (Wildman–Crippen MR) is 112 cm³/mol. The minimum absolute atomic E-state index is 0.153. The van der Waals surface area contributed by atoms with Crippen molar-refractivity contribution in [3.8, 4) is 0 Å². The first kappa shape index (κ1) is 19.5. The topological polar surface area (TPSA) is 109 Å². The van der Waals surface area contributed by atoms with Crippen LogP contribution in [-0.4, -0.2) is 32.5 Å². The Morgan fingerprint density at radius 3 is 2.71 bits per heavy atom. The van der Waals surface area contributed by atoms with Gasteiger partial charge in [0.1, 0.15) is 5.82 Å². The predicted octanol–water partition coefficient (Wildman–Crippen LogP) is 1.81. The highest BCUT2D eigenvalue weighted by Gasteiger charge is 2.42. The molecule has 1 aromatic carbocycles. The van der Waals surface area contributed by atoms with Crippen LogP contribution in [0.2, 0.25) is 0 Å². The van der Waals surface area contributed by atoms with Crippen LogP contribution >= 0.6 is 0 Å². The second-order valence-corrected chi connectivity index (χ2v) is 8.30. The lowest BCUT2D eigenvalue weighted by molar-refractivity contribution is -0.139. The Kier molecular flexibility index (Phi) is 4.80. The number of anilines is 1. The van der Waals surface area contributed by atoms with Crippen LogP contribution in [-0.2, 0) is 16.1 Å². The molecule has 1 aromatic heterocycles. The van der Waals surface area contributed by atoms with E-state index in [1.807, 2.05) is 19.1 Å². The van der Waals surface area contributed by atoms with Crippen molar-refractivity contribution >= 4 is 23.4 Å². The van der Waals surface area contributed by atoms with Crippen molar-refractivity contribution in [3.63, 3.8) is 0 Å². The van der Waals surface area contributed by atoms with Gasteiger partial charge in [0, 0.05) is 11.6 Å². The molecule has 2 aromatic rings. The molecule has 2 heterocycles. The van der Waals surface area contributed by atoms with E-state index in [4.69, 9.17) is 0 Å². The van der Waals surface area contributed by atoms with Crippen molar-refractivity contribution in [3.05, 3.63) is 53.6 Å². The maximum absolute atomic E-state index is 13.0. The maximum atomic E-state index is 13.0. The number of allylic oxidation sites excluding steroid dienone is 2. The molecule has 2 atom stereocenters. The Labute approximate surface area is 179 Å². The number of aryl methyl sites for hydroxylation is 1. The average Bonchev–Trinajstić information content (AvgIpc) is 3.56. The van der Waals surface area contributed by atoms with Gasteiger partial charge in [-0.15, -0.1) is 10.2 Å². The van der Waals surface area contributed by atoms with Gasteiger partial charge in [0.05, 0.1) is 24.1 Å². The van der Waals surface area contributed by atoms with E-state index >= 15 is 0 Å². The molecule has 1 aliphatic heterocycles. The first-order chi connectivity index (χ1) is 15.0. The molecule has 3 amide bonds. The summed E-state index contributed by atoms with van der Waals surface area (Å²) in [5.41, 5.74) is 3.56. The van der Waals surface area contributed by atoms with Gasteiger partial charge in [-0.2, -0.15) is 0 Å². The molecule has 160 valence electrons. The van der Waals surface area contributed by atoms with Gasteiger partial charge >= 0.3 is 0 Å². The number of aromatic nitrogens is 3. The number of amides is 3. The van der Waals surface area contributed by atoms with Gasteiger partial charge < -0.3 is 9.88 Å². The second-order valence-electron chi connectivity index (χ2n) is 8.30. The Morgan fingerprint density at radius 2 is 1.94 bits per heavy atom. The molecule has 1 saturated carbocycles. The molecule has 0 radical (unpaired) electrons. The largest absolute Gasteiger partial charge is 0.345 e. The van der Waals surface area contributed by atoms with E-state index in [9.17, 15) is 14.4 Å². The summed E-state index contributed by atoms with van der Waals surface area (Å²) in [7, 11) is 0. The first-order valence-corrected chi connectivity index (χ1v) is 10.6. The zero-order valence-electron chi connectivity index (χ0n) is 17.2. The molecule has 1 saturated heterocycles. The van der Waals surface area contributed by atoms with E-state index in [1.54, 1.807) is 24.3 Å². The molecule has 9 heteroatoms. The Bertz CT molecular complexity index is 1090. The molecule has 0 spiro atoms. The Balaban J connectivity index is 1.31. The smallest absolute Gasteiger partial charge is 0.251 e. The van der Waals surface area contributed by atoms with Crippen molar-refractivity contribution in [1.82, 2.24) is 25.5 Å². The normalized spacial score (nSPS) is 22.8. The summed E-state index contributed by atoms with van der Waals surface area (Å²) in [4.78, 5) is 38.2. The number of nitrogens with zero attached hydrogens (tertiary/aromatic N) is 4. The average molecular weight is 420 g/mol. The third kappa shape index (κ3) is 3.60. The maximum Gasteiger partial charge on any atom is 0.251 e.